The Hall–Kier alpha value is -3.65. The van der Waals surface area contributed by atoms with Crippen LogP contribution in [0.15, 0.2) is 48.6 Å². The van der Waals surface area contributed by atoms with Crippen molar-refractivity contribution in [2.24, 2.45) is 0 Å². The summed E-state index contributed by atoms with van der Waals surface area (Å²) in [5.41, 5.74) is -0.516. The van der Waals surface area contributed by atoms with Crippen molar-refractivity contribution < 1.29 is 86.4 Å². The number of rotatable bonds is 15. The molecule has 0 saturated carbocycles. The van der Waals surface area contributed by atoms with E-state index in [1.54, 1.807) is 27.7 Å². The molecule has 0 N–H and O–H groups in total. The first-order valence-electron chi connectivity index (χ1n) is 18.5. The number of alkyl halides is 10. The standard InChI is InChI=1S/C38H50F10O9Si/c1-23(2)58(24(3)4,20-18-36(41,42)38(46,47)48)57-31-14-16-32(49)54-25(5)21-34(51)56-26(6)30(13-15-33(50)55-27(31)7)53-22-28-9-11-29(12-10-28)52-19-8-17-35(39,40)37(43,44)45/h9-16,23-27,30-31H,8,17-22H2,1-7H3/b15-13+,16-14+/t25-,26+,27+,30+,31+/m0/s1. The summed E-state index contributed by atoms with van der Waals surface area (Å²) >= 11 is 0. The van der Waals surface area contributed by atoms with Gasteiger partial charge in [-0.05, 0) is 74.2 Å². The van der Waals surface area contributed by atoms with E-state index in [2.05, 4.69) is 0 Å². The number of benzene rings is 1. The van der Waals surface area contributed by atoms with Gasteiger partial charge in [0.1, 0.15) is 36.3 Å². The summed E-state index contributed by atoms with van der Waals surface area (Å²) in [5.74, 6) is -12.4. The normalized spacial score (nSPS) is 23.6. The van der Waals surface area contributed by atoms with Gasteiger partial charge in [-0.25, -0.2) is 9.59 Å². The summed E-state index contributed by atoms with van der Waals surface area (Å²) in [6, 6.07) is 5.24. The molecule has 330 valence electrons. The molecule has 0 radical (unpaired) electrons. The van der Waals surface area contributed by atoms with Crippen LogP contribution in [0.25, 0.3) is 0 Å². The zero-order valence-corrected chi connectivity index (χ0v) is 34.1. The summed E-state index contributed by atoms with van der Waals surface area (Å²) in [4.78, 5) is 38.6. The molecule has 1 aliphatic rings. The Labute approximate surface area is 331 Å². The minimum absolute atomic E-state index is 0.153. The van der Waals surface area contributed by atoms with Crippen molar-refractivity contribution >= 4 is 26.2 Å². The Morgan fingerprint density at radius 3 is 1.74 bits per heavy atom. The molecule has 0 aliphatic carbocycles. The van der Waals surface area contributed by atoms with Crippen LogP contribution in [0.2, 0.25) is 17.1 Å². The Balaban J connectivity index is 2.31. The van der Waals surface area contributed by atoms with Crippen LogP contribution in [-0.4, -0.2) is 87.5 Å². The highest BCUT2D eigenvalue weighted by Gasteiger charge is 2.59. The van der Waals surface area contributed by atoms with Gasteiger partial charge in [0.05, 0.1) is 19.6 Å². The van der Waals surface area contributed by atoms with E-state index in [4.69, 9.17) is 28.1 Å². The molecule has 2 rings (SSSR count). The fourth-order valence-corrected chi connectivity index (χ4v) is 10.6. The minimum Gasteiger partial charge on any atom is -0.494 e. The van der Waals surface area contributed by atoms with Crippen LogP contribution in [0.1, 0.15) is 79.7 Å². The maximum absolute atomic E-state index is 14.2. The van der Waals surface area contributed by atoms with E-state index in [0.29, 0.717) is 5.56 Å². The molecule has 20 heteroatoms. The first kappa shape index (κ1) is 50.5. The highest BCUT2D eigenvalue weighted by Crippen LogP contribution is 2.46. The number of hydrogen-bond acceptors (Lipinski definition) is 9. The Morgan fingerprint density at radius 2 is 1.21 bits per heavy atom. The SMILES string of the molecule is CC(C)[Si](CCC(F)(F)C(F)(F)F)(O[C@@H]1/C=C/C(=O)O[C@@H](C)CC(=O)O[C@H](C)[C@H](OCc2ccc(OCCCC(F)(F)C(F)(F)F)cc2)/C=C/C(=O)O[C@@H]1C)C(C)C. The maximum atomic E-state index is 14.2. The Kier molecular flexibility index (Phi) is 18.3. The second kappa shape index (κ2) is 21.0. The fourth-order valence-electron chi connectivity index (χ4n) is 5.93. The van der Waals surface area contributed by atoms with E-state index < -0.39 is 130 Å². The smallest absolute Gasteiger partial charge is 0.453 e. The number of esters is 3. The van der Waals surface area contributed by atoms with E-state index in [1.165, 1.54) is 51.1 Å². The van der Waals surface area contributed by atoms with Gasteiger partial charge in [-0.3, -0.25) is 4.79 Å². The molecule has 58 heavy (non-hydrogen) atoms. The highest BCUT2D eigenvalue weighted by atomic mass is 28.4. The molecule has 1 aliphatic heterocycles. The predicted octanol–water partition coefficient (Wildman–Crippen LogP) is 9.98. The zero-order valence-electron chi connectivity index (χ0n) is 33.1. The van der Waals surface area contributed by atoms with Gasteiger partial charge >= 0.3 is 42.1 Å². The molecule has 0 fully saturated rings. The third kappa shape index (κ3) is 15.2. The molecular formula is C38H50F10O9Si. The molecule has 0 bridgehead atoms. The average Bonchev–Trinajstić information content (AvgIpc) is 3.08. The monoisotopic (exact) mass is 868 g/mol. The molecule has 0 saturated heterocycles. The maximum Gasteiger partial charge on any atom is 0.453 e. The van der Waals surface area contributed by atoms with Crippen molar-refractivity contribution in [3.63, 3.8) is 0 Å². The summed E-state index contributed by atoms with van der Waals surface area (Å²) in [6.07, 6.45) is -16.8. The lowest BCUT2D eigenvalue weighted by Crippen LogP contribution is -2.51. The van der Waals surface area contributed by atoms with Crippen molar-refractivity contribution in [2.45, 2.75) is 153 Å². The second-order valence-electron chi connectivity index (χ2n) is 14.6. The van der Waals surface area contributed by atoms with Crippen molar-refractivity contribution in [3.8, 4) is 5.75 Å². The predicted molar refractivity (Wildman–Crippen MR) is 192 cm³/mol. The summed E-state index contributed by atoms with van der Waals surface area (Å²) in [7, 11) is -3.59. The van der Waals surface area contributed by atoms with Crippen LogP contribution in [0.4, 0.5) is 43.9 Å². The third-order valence-electron chi connectivity index (χ3n) is 9.40. The zero-order chi connectivity index (χ0) is 44.3. The first-order chi connectivity index (χ1) is 26.6. The molecule has 0 unspecified atom stereocenters. The van der Waals surface area contributed by atoms with Gasteiger partial charge in [0.15, 0.2) is 8.32 Å². The van der Waals surface area contributed by atoms with E-state index in [1.807, 2.05) is 0 Å². The second-order valence-corrected chi connectivity index (χ2v) is 19.6. The quantitative estimate of drug-likeness (QED) is 0.0560. The molecule has 1 heterocycles. The molecular weight excluding hydrogens is 818 g/mol. The Bertz CT molecular complexity index is 1540. The Morgan fingerprint density at radius 1 is 0.707 bits per heavy atom. The van der Waals surface area contributed by atoms with Crippen LogP contribution < -0.4 is 4.74 Å². The number of halogens is 10. The van der Waals surface area contributed by atoms with Crippen LogP contribution >= 0.6 is 0 Å². The van der Waals surface area contributed by atoms with Gasteiger partial charge in [-0.15, -0.1) is 0 Å². The lowest BCUT2D eigenvalue weighted by atomic mass is 10.1. The van der Waals surface area contributed by atoms with Gasteiger partial charge in [-0.2, -0.15) is 43.9 Å². The lowest BCUT2D eigenvalue weighted by molar-refractivity contribution is -0.284. The molecule has 1 aromatic carbocycles. The van der Waals surface area contributed by atoms with E-state index >= 15 is 0 Å². The third-order valence-corrected chi connectivity index (χ3v) is 15.1. The van der Waals surface area contributed by atoms with Gasteiger partial charge in [0.25, 0.3) is 0 Å². The highest BCUT2D eigenvalue weighted by molar-refractivity contribution is 6.76. The summed E-state index contributed by atoms with van der Waals surface area (Å²) < 4.78 is 165. The average molecular weight is 869 g/mol. The van der Waals surface area contributed by atoms with E-state index in [0.717, 1.165) is 18.2 Å². The lowest BCUT2D eigenvalue weighted by Gasteiger charge is -2.42. The van der Waals surface area contributed by atoms with Crippen LogP contribution in [0, 0.1) is 0 Å². The van der Waals surface area contributed by atoms with Crippen LogP contribution in [0.3, 0.4) is 0 Å². The van der Waals surface area contributed by atoms with Gasteiger partial charge in [-0.1, -0.05) is 39.8 Å². The van der Waals surface area contributed by atoms with Gasteiger partial charge < -0.3 is 28.1 Å². The number of carbonyl (C=O) groups is 3. The number of carbonyl (C=O) groups excluding carboxylic acids is 3. The van der Waals surface area contributed by atoms with Gasteiger partial charge in [0.2, 0.25) is 0 Å². The first-order valence-corrected chi connectivity index (χ1v) is 20.7. The van der Waals surface area contributed by atoms with Crippen LogP contribution in [0.5, 0.6) is 5.75 Å². The molecule has 0 amide bonds. The molecule has 0 spiro atoms. The summed E-state index contributed by atoms with van der Waals surface area (Å²) in [6.45, 7) is 10.2. The van der Waals surface area contributed by atoms with Crippen LogP contribution in [-0.2, 0) is 44.4 Å². The molecule has 0 aromatic heterocycles. The minimum atomic E-state index is -5.79. The molecule has 1 aromatic rings. The van der Waals surface area contributed by atoms with Gasteiger partial charge in [0, 0.05) is 25.0 Å². The topological polar surface area (TPSA) is 107 Å². The number of cyclic esters (lactones) is 3. The summed E-state index contributed by atoms with van der Waals surface area (Å²) in [5, 5.41) is 0. The van der Waals surface area contributed by atoms with E-state index in [9.17, 15) is 58.3 Å². The van der Waals surface area contributed by atoms with Crippen molar-refractivity contribution in [2.75, 3.05) is 6.61 Å². The van der Waals surface area contributed by atoms with E-state index in [-0.39, 0.29) is 12.4 Å². The largest absolute Gasteiger partial charge is 0.494 e. The van der Waals surface area contributed by atoms with Crippen molar-refractivity contribution in [3.05, 3.63) is 54.1 Å². The van der Waals surface area contributed by atoms with Crippen molar-refractivity contribution in [1.82, 2.24) is 0 Å². The molecule has 9 nitrogen and oxygen atoms in total. The molecule has 5 atom stereocenters. The number of ether oxygens (including phenoxy) is 5. The van der Waals surface area contributed by atoms with Crippen molar-refractivity contribution in [1.29, 1.82) is 0 Å². The fraction of sp³-hybridized carbons (Fsp3) is 0.658. The number of hydrogen-bond donors (Lipinski definition) is 0.